The molecule has 5 rings (SSSR count). The first kappa shape index (κ1) is 27.0. The number of hydrogen-bond acceptors (Lipinski definition) is 6. The summed E-state index contributed by atoms with van der Waals surface area (Å²) in [6.07, 6.45) is -2.10. The molecule has 13 heteroatoms. The number of piperidine rings is 1. The molecule has 0 bridgehead atoms. The van der Waals surface area contributed by atoms with Gasteiger partial charge in [0.1, 0.15) is 23.7 Å². The molecular formula is C26H24F5N5O2S. The third kappa shape index (κ3) is 5.45. The number of likely N-dealkylation sites (tertiary alicyclic amines) is 1. The van der Waals surface area contributed by atoms with E-state index in [1.165, 1.54) is 40.7 Å². The van der Waals surface area contributed by atoms with Crippen LogP contribution < -0.4 is 5.56 Å². The zero-order valence-corrected chi connectivity index (χ0v) is 21.6. The van der Waals surface area contributed by atoms with Crippen molar-refractivity contribution in [2.24, 2.45) is 5.10 Å². The molecule has 206 valence electrons. The van der Waals surface area contributed by atoms with E-state index < -0.39 is 47.4 Å². The molecule has 0 aliphatic carbocycles. The Hall–Kier alpha value is -3.61. The highest BCUT2D eigenvalue weighted by Crippen LogP contribution is 2.36. The number of amides is 1. The number of carbonyl (C=O) groups is 1. The molecule has 2 aliphatic heterocycles. The Balaban J connectivity index is 1.20. The van der Waals surface area contributed by atoms with Crippen molar-refractivity contribution >= 4 is 23.0 Å². The smallest absolute Gasteiger partial charge is 0.341 e. The lowest BCUT2D eigenvalue weighted by Crippen LogP contribution is -2.41. The summed E-state index contributed by atoms with van der Waals surface area (Å²) in [7, 11) is 1.66. The van der Waals surface area contributed by atoms with Crippen LogP contribution in [0.15, 0.2) is 51.8 Å². The molecule has 1 saturated heterocycles. The SMILES string of the molecule is CN1N=C(c2csc(C3CCN(C(=O)Cn4cccc(C(F)(F)F)c4=O)CC3)n2)CC1c1c(F)cccc1F. The summed E-state index contributed by atoms with van der Waals surface area (Å²) in [5.41, 5.74) is -1.31. The van der Waals surface area contributed by atoms with E-state index in [-0.39, 0.29) is 11.5 Å². The van der Waals surface area contributed by atoms with E-state index >= 15 is 0 Å². The zero-order chi connectivity index (χ0) is 27.9. The molecule has 1 aromatic carbocycles. The Labute approximate surface area is 224 Å². The highest BCUT2D eigenvalue weighted by molar-refractivity contribution is 7.10. The Morgan fingerprint density at radius 3 is 2.46 bits per heavy atom. The van der Waals surface area contributed by atoms with Gasteiger partial charge < -0.3 is 9.47 Å². The Morgan fingerprint density at radius 1 is 1.10 bits per heavy atom. The fourth-order valence-corrected chi connectivity index (χ4v) is 6.00. The molecule has 0 saturated carbocycles. The first-order valence-electron chi connectivity index (χ1n) is 12.3. The first-order valence-corrected chi connectivity index (χ1v) is 13.2. The standard InChI is InChI=1S/C26H24F5N5O2S/c1-34-21(23-17(27)5-2-6-18(23)28)12-19(33-34)20-14-39-24(32-20)15-7-10-35(11-8-15)22(37)13-36-9-3-4-16(25(36)38)26(29,30)31/h2-6,9,14-15,21H,7-8,10-13H2,1H3. The van der Waals surface area contributed by atoms with E-state index in [0.29, 0.717) is 49.8 Å². The van der Waals surface area contributed by atoms with Gasteiger partial charge in [-0.2, -0.15) is 18.3 Å². The number of aromatic nitrogens is 2. The van der Waals surface area contributed by atoms with Crippen LogP contribution in [0.4, 0.5) is 22.0 Å². The van der Waals surface area contributed by atoms with Crippen molar-refractivity contribution < 1.29 is 26.7 Å². The highest BCUT2D eigenvalue weighted by atomic mass is 32.1. The second-order valence-corrected chi connectivity index (χ2v) is 10.4. The van der Waals surface area contributed by atoms with Crippen molar-refractivity contribution in [2.75, 3.05) is 20.1 Å². The molecule has 2 aliphatic rings. The lowest BCUT2D eigenvalue weighted by atomic mass is 9.97. The van der Waals surface area contributed by atoms with Gasteiger partial charge >= 0.3 is 6.18 Å². The number of hydrazone groups is 1. The van der Waals surface area contributed by atoms with Crippen molar-refractivity contribution in [3.05, 3.63) is 85.7 Å². The molecule has 0 radical (unpaired) electrons. The fraction of sp³-hybridized carbons (Fsp3) is 0.385. The summed E-state index contributed by atoms with van der Waals surface area (Å²) in [5.74, 6) is -1.60. The van der Waals surface area contributed by atoms with Crippen LogP contribution in [0.3, 0.4) is 0 Å². The van der Waals surface area contributed by atoms with Gasteiger partial charge in [0, 0.05) is 49.6 Å². The van der Waals surface area contributed by atoms with E-state index in [1.54, 1.807) is 11.9 Å². The van der Waals surface area contributed by atoms with Gasteiger partial charge in [-0.3, -0.25) is 14.6 Å². The average Bonchev–Trinajstić information content (AvgIpc) is 3.52. The monoisotopic (exact) mass is 565 g/mol. The van der Waals surface area contributed by atoms with E-state index in [0.717, 1.165) is 15.6 Å². The summed E-state index contributed by atoms with van der Waals surface area (Å²) in [6, 6.07) is 4.99. The Bertz CT molecular complexity index is 1460. The second kappa shape index (κ2) is 10.5. The summed E-state index contributed by atoms with van der Waals surface area (Å²) in [5, 5.41) is 8.73. The number of alkyl halides is 3. The minimum atomic E-state index is -4.79. The minimum Gasteiger partial charge on any atom is -0.341 e. The first-order chi connectivity index (χ1) is 18.5. The van der Waals surface area contributed by atoms with Gasteiger partial charge in [-0.15, -0.1) is 11.3 Å². The van der Waals surface area contributed by atoms with Crippen molar-refractivity contribution in [1.29, 1.82) is 0 Å². The van der Waals surface area contributed by atoms with Gasteiger partial charge in [0.2, 0.25) is 5.91 Å². The molecule has 39 heavy (non-hydrogen) atoms. The predicted octanol–water partition coefficient (Wildman–Crippen LogP) is 4.79. The van der Waals surface area contributed by atoms with Crippen LogP contribution >= 0.6 is 11.3 Å². The highest BCUT2D eigenvalue weighted by Gasteiger charge is 2.35. The summed E-state index contributed by atoms with van der Waals surface area (Å²) in [6.45, 7) is 0.292. The molecule has 1 fully saturated rings. The van der Waals surface area contributed by atoms with Gasteiger partial charge in [0.05, 0.1) is 22.5 Å². The van der Waals surface area contributed by atoms with Crippen LogP contribution in [-0.4, -0.2) is 51.2 Å². The third-order valence-corrected chi connectivity index (χ3v) is 8.10. The van der Waals surface area contributed by atoms with Crippen LogP contribution in [0.1, 0.15) is 53.1 Å². The van der Waals surface area contributed by atoms with Gasteiger partial charge in [-0.1, -0.05) is 6.07 Å². The molecule has 0 spiro atoms. The van der Waals surface area contributed by atoms with Gasteiger partial charge in [0.25, 0.3) is 5.56 Å². The fourth-order valence-electron chi connectivity index (χ4n) is 5.00. The van der Waals surface area contributed by atoms with Gasteiger partial charge in [0.15, 0.2) is 0 Å². The van der Waals surface area contributed by atoms with E-state index in [9.17, 15) is 31.5 Å². The lowest BCUT2D eigenvalue weighted by Gasteiger charge is -2.31. The van der Waals surface area contributed by atoms with Crippen molar-refractivity contribution in [1.82, 2.24) is 19.5 Å². The molecule has 4 heterocycles. The number of pyridine rings is 1. The zero-order valence-electron chi connectivity index (χ0n) is 20.8. The summed E-state index contributed by atoms with van der Waals surface area (Å²) < 4.78 is 68.5. The molecule has 1 unspecified atom stereocenters. The second-order valence-electron chi connectivity index (χ2n) is 9.55. The van der Waals surface area contributed by atoms with E-state index in [4.69, 9.17) is 4.98 Å². The molecule has 1 amide bonds. The molecule has 1 atom stereocenters. The van der Waals surface area contributed by atoms with Crippen molar-refractivity contribution in [2.45, 2.75) is 43.9 Å². The van der Waals surface area contributed by atoms with Crippen LogP contribution in [0.5, 0.6) is 0 Å². The van der Waals surface area contributed by atoms with Crippen LogP contribution in [0.2, 0.25) is 0 Å². The number of halogens is 5. The van der Waals surface area contributed by atoms with Crippen LogP contribution in [-0.2, 0) is 17.5 Å². The number of benzene rings is 1. The summed E-state index contributed by atoms with van der Waals surface area (Å²) >= 11 is 1.45. The maximum atomic E-state index is 14.3. The van der Waals surface area contributed by atoms with Crippen molar-refractivity contribution in [3.63, 3.8) is 0 Å². The van der Waals surface area contributed by atoms with Crippen LogP contribution in [0.25, 0.3) is 0 Å². The minimum absolute atomic E-state index is 0.0290. The average molecular weight is 566 g/mol. The topological polar surface area (TPSA) is 70.8 Å². The quantitative estimate of drug-likeness (QED) is 0.418. The lowest BCUT2D eigenvalue weighted by molar-refractivity contribution is -0.139. The third-order valence-electron chi connectivity index (χ3n) is 7.09. The van der Waals surface area contributed by atoms with E-state index in [2.05, 4.69) is 5.10 Å². The Morgan fingerprint density at radius 2 is 1.79 bits per heavy atom. The van der Waals surface area contributed by atoms with Crippen molar-refractivity contribution in [3.8, 4) is 0 Å². The number of thiazole rings is 1. The number of nitrogens with zero attached hydrogens (tertiary/aromatic N) is 5. The number of carbonyl (C=O) groups excluding carboxylic acids is 1. The molecular weight excluding hydrogens is 541 g/mol. The number of rotatable bonds is 5. The normalized spacial score (nSPS) is 18.5. The molecule has 3 aromatic rings. The van der Waals surface area contributed by atoms with Crippen LogP contribution in [0, 0.1) is 11.6 Å². The summed E-state index contributed by atoms with van der Waals surface area (Å²) in [4.78, 5) is 31.1. The molecule has 7 nitrogen and oxygen atoms in total. The molecule has 0 N–H and O–H groups in total. The largest absolute Gasteiger partial charge is 0.421 e. The maximum Gasteiger partial charge on any atom is 0.421 e. The van der Waals surface area contributed by atoms with Gasteiger partial charge in [-0.25, -0.2) is 13.8 Å². The predicted molar refractivity (Wildman–Crippen MR) is 134 cm³/mol. The maximum absolute atomic E-state index is 14.3. The number of hydrogen-bond donors (Lipinski definition) is 0. The molecule has 2 aromatic heterocycles. The Kier molecular flexibility index (Phi) is 7.27. The van der Waals surface area contributed by atoms with E-state index in [1.807, 2.05) is 5.38 Å². The van der Waals surface area contributed by atoms with Gasteiger partial charge in [-0.05, 0) is 37.1 Å².